The van der Waals surface area contributed by atoms with E-state index in [1.165, 1.54) is 0 Å². The quantitative estimate of drug-likeness (QED) is 0.858. The summed E-state index contributed by atoms with van der Waals surface area (Å²) in [5, 5.41) is 12.7. The molecule has 1 N–H and O–H groups in total. The van der Waals surface area contributed by atoms with E-state index in [1.54, 1.807) is 11.3 Å². The van der Waals surface area contributed by atoms with Crippen molar-refractivity contribution in [1.82, 2.24) is 9.88 Å². The molecular weight excluding hydrogens is 222 g/mol. The molecule has 2 unspecified atom stereocenters. The van der Waals surface area contributed by atoms with Gasteiger partial charge in [-0.05, 0) is 13.8 Å². The molecule has 1 fully saturated rings. The molecule has 0 amide bonds. The van der Waals surface area contributed by atoms with Crippen LogP contribution in [0.1, 0.15) is 13.8 Å². The zero-order valence-electron chi connectivity index (χ0n) is 9.83. The fourth-order valence-electron chi connectivity index (χ4n) is 2.00. The van der Waals surface area contributed by atoms with Gasteiger partial charge in [0, 0.05) is 43.8 Å². The summed E-state index contributed by atoms with van der Waals surface area (Å²) in [6.45, 7) is 7.97. The number of anilines is 1. The summed E-state index contributed by atoms with van der Waals surface area (Å²) in [7, 11) is 0. The second kappa shape index (κ2) is 5.12. The van der Waals surface area contributed by atoms with Gasteiger partial charge in [-0.3, -0.25) is 4.90 Å². The highest BCUT2D eigenvalue weighted by Gasteiger charge is 2.24. The monoisotopic (exact) mass is 241 g/mol. The molecule has 16 heavy (non-hydrogen) atoms. The van der Waals surface area contributed by atoms with E-state index >= 15 is 0 Å². The number of thiazole rings is 1. The Labute approximate surface area is 101 Å². The number of aliphatic hydroxyl groups is 1. The van der Waals surface area contributed by atoms with Crippen LogP contribution in [0.25, 0.3) is 0 Å². The second-order valence-corrected chi connectivity index (χ2v) is 5.19. The van der Waals surface area contributed by atoms with E-state index < -0.39 is 0 Å². The van der Waals surface area contributed by atoms with Crippen molar-refractivity contribution in [2.24, 2.45) is 0 Å². The first-order chi connectivity index (χ1) is 7.68. The Morgan fingerprint density at radius 1 is 1.31 bits per heavy atom. The zero-order chi connectivity index (χ0) is 11.5. The molecule has 5 heteroatoms. The van der Waals surface area contributed by atoms with Crippen molar-refractivity contribution >= 4 is 16.5 Å². The highest BCUT2D eigenvalue weighted by Crippen LogP contribution is 2.19. The first-order valence-electron chi connectivity index (χ1n) is 5.75. The van der Waals surface area contributed by atoms with Crippen molar-refractivity contribution in [1.29, 1.82) is 0 Å². The predicted molar refractivity (Wildman–Crippen MR) is 67.0 cm³/mol. The minimum Gasteiger partial charge on any atom is -0.392 e. The third kappa shape index (κ3) is 2.53. The standard InChI is InChI=1S/C11H19N3OS/c1-9(10(2)15)13-4-6-14(7-5-13)11-12-3-8-16-11/h3,8-10,15H,4-7H2,1-2H3. The third-order valence-electron chi connectivity index (χ3n) is 3.28. The van der Waals surface area contributed by atoms with Crippen LogP contribution in [0.15, 0.2) is 11.6 Å². The van der Waals surface area contributed by atoms with Crippen LogP contribution in [0, 0.1) is 0 Å². The molecule has 1 aliphatic rings. The molecule has 1 aliphatic heterocycles. The van der Waals surface area contributed by atoms with E-state index in [-0.39, 0.29) is 12.1 Å². The van der Waals surface area contributed by atoms with Crippen LogP contribution in [-0.2, 0) is 0 Å². The average Bonchev–Trinajstić information content (AvgIpc) is 2.81. The maximum atomic E-state index is 9.56. The number of rotatable bonds is 3. The number of aliphatic hydroxyl groups excluding tert-OH is 1. The molecule has 90 valence electrons. The van der Waals surface area contributed by atoms with E-state index in [9.17, 15) is 5.11 Å². The van der Waals surface area contributed by atoms with Crippen LogP contribution in [0.4, 0.5) is 5.13 Å². The van der Waals surface area contributed by atoms with E-state index in [1.807, 2.05) is 18.5 Å². The molecule has 0 radical (unpaired) electrons. The van der Waals surface area contributed by atoms with Crippen LogP contribution >= 0.6 is 11.3 Å². The number of hydrogen-bond donors (Lipinski definition) is 1. The molecule has 1 saturated heterocycles. The van der Waals surface area contributed by atoms with Crippen molar-refractivity contribution in [3.8, 4) is 0 Å². The summed E-state index contributed by atoms with van der Waals surface area (Å²) in [6.07, 6.45) is 1.59. The van der Waals surface area contributed by atoms with E-state index in [0.717, 1.165) is 31.3 Å². The summed E-state index contributed by atoms with van der Waals surface area (Å²) in [5.74, 6) is 0. The predicted octanol–water partition coefficient (Wildman–Crippen LogP) is 1.03. The van der Waals surface area contributed by atoms with Gasteiger partial charge in [0.05, 0.1) is 6.10 Å². The molecule has 0 aliphatic carbocycles. The van der Waals surface area contributed by atoms with Gasteiger partial charge in [0.25, 0.3) is 0 Å². The van der Waals surface area contributed by atoms with Crippen molar-refractivity contribution in [3.63, 3.8) is 0 Å². The van der Waals surface area contributed by atoms with Crippen LogP contribution in [-0.4, -0.2) is 53.3 Å². The fourth-order valence-corrected chi connectivity index (χ4v) is 2.69. The van der Waals surface area contributed by atoms with Gasteiger partial charge in [0.15, 0.2) is 5.13 Å². The summed E-state index contributed by atoms with van der Waals surface area (Å²) in [6, 6.07) is 0.249. The van der Waals surface area contributed by atoms with Crippen molar-refractivity contribution in [2.75, 3.05) is 31.1 Å². The Morgan fingerprint density at radius 3 is 2.50 bits per heavy atom. The molecule has 0 saturated carbocycles. The minimum atomic E-state index is -0.258. The molecular formula is C11H19N3OS. The molecule has 2 rings (SSSR count). The van der Waals surface area contributed by atoms with Crippen LogP contribution in [0.5, 0.6) is 0 Å². The Kier molecular flexibility index (Phi) is 3.78. The highest BCUT2D eigenvalue weighted by molar-refractivity contribution is 7.13. The number of hydrogen-bond acceptors (Lipinski definition) is 5. The van der Waals surface area contributed by atoms with Gasteiger partial charge in [-0.1, -0.05) is 0 Å². The molecule has 0 spiro atoms. The first-order valence-corrected chi connectivity index (χ1v) is 6.63. The Bertz CT molecular complexity index is 307. The van der Waals surface area contributed by atoms with Crippen LogP contribution in [0.2, 0.25) is 0 Å². The topological polar surface area (TPSA) is 39.6 Å². The molecule has 4 nitrogen and oxygen atoms in total. The zero-order valence-corrected chi connectivity index (χ0v) is 10.7. The van der Waals surface area contributed by atoms with Gasteiger partial charge in [-0.2, -0.15) is 0 Å². The summed E-state index contributed by atoms with van der Waals surface area (Å²) >= 11 is 1.69. The lowest BCUT2D eigenvalue weighted by Crippen LogP contribution is -2.52. The second-order valence-electron chi connectivity index (χ2n) is 4.32. The molecule has 1 aromatic rings. The molecule has 0 bridgehead atoms. The maximum absolute atomic E-state index is 9.56. The van der Waals surface area contributed by atoms with Gasteiger partial charge >= 0.3 is 0 Å². The molecule has 2 heterocycles. The van der Waals surface area contributed by atoms with Crippen molar-refractivity contribution in [3.05, 3.63) is 11.6 Å². The summed E-state index contributed by atoms with van der Waals surface area (Å²) in [5.41, 5.74) is 0. The van der Waals surface area contributed by atoms with Gasteiger partial charge in [-0.25, -0.2) is 4.98 Å². The SMILES string of the molecule is CC(O)C(C)N1CCN(c2nccs2)CC1. The molecule has 1 aromatic heterocycles. The van der Waals surface area contributed by atoms with Gasteiger partial charge in [-0.15, -0.1) is 11.3 Å². The lowest BCUT2D eigenvalue weighted by atomic mass is 10.1. The van der Waals surface area contributed by atoms with Crippen molar-refractivity contribution in [2.45, 2.75) is 26.0 Å². The van der Waals surface area contributed by atoms with E-state index in [4.69, 9.17) is 0 Å². The number of nitrogens with zero attached hydrogens (tertiary/aromatic N) is 3. The Balaban J connectivity index is 1.87. The molecule has 2 atom stereocenters. The van der Waals surface area contributed by atoms with E-state index in [0.29, 0.717) is 0 Å². The highest BCUT2D eigenvalue weighted by atomic mass is 32.1. The van der Waals surface area contributed by atoms with Gasteiger partial charge in [0.1, 0.15) is 0 Å². The lowest BCUT2D eigenvalue weighted by molar-refractivity contribution is 0.0672. The maximum Gasteiger partial charge on any atom is 0.185 e. The van der Waals surface area contributed by atoms with E-state index in [2.05, 4.69) is 21.7 Å². The average molecular weight is 241 g/mol. The van der Waals surface area contributed by atoms with Crippen LogP contribution < -0.4 is 4.90 Å². The number of aromatic nitrogens is 1. The lowest BCUT2D eigenvalue weighted by Gasteiger charge is -2.38. The normalized spacial score (nSPS) is 22.1. The largest absolute Gasteiger partial charge is 0.392 e. The molecule has 0 aromatic carbocycles. The van der Waals surface area contributed by atoms with Crippen molar-refractivity contribution < 1.29 is 5.11 Å². The third-order valence-corrected chi connectivity index (χ3v) is 4.11. The number of piperazine rings is 1. The van der Waals surface area contributed by atoms with Crippen LogP contribution in [0.3, 0.4) is 0 Å². The fraction of sp³-hybridized carbons (Fsp3) is 0.727. The summed E-state index contributed by atoms with van der Waals surface area (Å²) in [4.78, 5) is 8.98. The Morgan fingerprint density at radius 2 is 2.00 bits per heavy atom. The minimum absolute atomic E-state index is 0.249. The van der Waals surface area contributed by atoms with Gasteiger partial charge < -0.3 is 10.0 Å². The summed E-state index contributed by atoms with van der Waals surface area (Å²) < 4.78 is 0. The first kappa shape index (κ1) is 11.8. The van der Waals surface area contributed by atoms with Gasteiger partial charge in [0.2, 0.25) is 0 Å². The Hall–Kier alpha value is -0.650. The smallest absolute Gasteiger partial charge is 0.185 e.